The molecule has 1 aromatic carbocycles. The molecule has 1 aromatic rings. The maximum Gasteiger partial charge on any atom is 0.0702 e. The first-order chi connectivity index (χ1) is 8.52. The second-order valence-corrected chi connectivity index (χ2v) is 6.26. The molecule has 0 bridgehead atoms. The predicted octanol–water partition coefficient (Wildman–Crippen LogP) is 2.33. The van der Waals surface area contributed by atoms with Crippen molar-refractivity contribution in [3.05, 3.63) is 28.2 Å². The lowest BCUT2D eigenvalue weighted by atomic mass is 10.1. The Labute approximate surface area is 118 Å². The second-order valence-electron chi connectivity index (χ2n) is 5.34. The number of benzene rings is 1. The van der Waals surface area contributed by atoms with Crippen molar-refractivity contribution in [2.24, 2.45) is 5.92 Å². The highest BCUT2D eigenvalue weighted by atomic mass is 79.9. The molecule has 1 fully saturated rings. The Balaban J connectivity index is 2.25. The largest absolute Gasteiger partial charge is 0.392 e. The minimum Gasteiger partial charge on any atom is -0.392 e. The van der Waals surface area contributed by atoms with Crippen LogP contribution in [-0.2, 0) is 6.61 Å². The highest BCUT2D eigenvalue weighted by Crippen LogP contribution is 2.31. The van der Waals surface area contributed by atoms with E-state index in [9.17, 15) is 5.11 Å². The zero-order valence-corrected chi connectivity index (χ0v) is 12.8. The molecule has 4 heteroatoms. The van der Waals surface area contributed by atoms with Gasteiger partial charge in [0.05, 0.1) is 6.61 Å². The van der Waals surface area contributed by atoms with E-state index < -0.39 is 0 Å². The van der Waals surface area contributed by atoms with Gasteiger partial charge in [0, 0.05) is 34.9 Å². The Morgan fingerprint density at radius 3 is 2.67 bits per heavy atom. The molecule has 3 nitrogen and oxygen atoms in total. The van der Waals surface area contributed by atoms with E-state index in [1.165, 1.54) is 0 Å². The lowest BCUT2D eigenvalue weighted by Gasteiger charge is -2.24. The Bertz CT molecular complexity index is 422. The molecule has 100 valence electrons. The topological polar surface area (TPSA) is 26.7 Å². The van der Waals surface area contributed by atoms with Gasteiger partial charge in [0.25, 0.3) is 0 Å². The predicted molar refractivity (Wildman–Crippen MR) is 78.9 cm³/mol. The van der Waals surface area contributed by atoms with Crippen molar-refractivity contribution in [3.63, 3.8) is 0 Å². The molecule has 0 aromatic heterocycles. The van der Waals surface area contributed by atoms with Gasteiger partial charge in [-0.2, -0.15) is 0 Å². The van der Waals surface area contributed by atoms with Gasteiger partial charge >= 0.3 is 0 Å². The third-order valence-corrected chi connectivity index (χ3v) is 4.29. The number of halogens is 1. The molecule has 0 radical (unpaired) electrons. The number of hydrogen-bond donors (Lipinski definition) is 1. The first-order valence-electron chi connectivity index (χ1n) is 6.33. The van der Waals surface area contributed by atoms with Crippen molar-refractivity contribution in [1.29, 1.82) is 0 Å². The third-order valence-electron chi connectivity index (χ3n) is 3.79. The monoisotopic (exact) mass is 312 g/mol. The van der Waals surface area contributed by atoms with E-state index in [-0.39, 0.29) is 6.61 Å². The van der Waals surface area contributed by atoms with Crippen LogP contribution in [0.2, 0.25) is 0 Å². The van der Waals surface area contributed by atoms with Gasteiger partial charge in [-0.05, 0) is 32.1 Å². The van der Waals surface area contributed by atoms with Gasteiger partial charge in [0.1, 0.15) is 0 Å². The molecule has 0 aliphatic carbocycles. The highest BCUT2D eigenvalue weighted by molar-refractivity contribution is 9.10. The summed E-state index contributed by atoms with van der Waals surface area (Å²) < 4.78 is 1.07. The van der Waals surface area contributed by atoms with E-state index in [0.717, 1.165) is 28.8 Å². The molecule has 18 heavy (non-hydrogen) atoms. The highest BCUT2D eigenvalue weighted by Gasteiger charge is 2.31. The molecule has 1 saturated heterocycles. The van der Waals surface area contributed by atoms with Crippen LogP contribution in [0.5, 0.6) is 0 Å². The summed E-state index contributed by atoms with van der Waals surface area (Å²) in [5.74, 6) is 0.644. The SMILES string of the molecule is CC1CN(c2cc(Br)ccc2CO)CC1N(C)C. The zero-order valence-electron chi connectivity index (χ0n) is 11.2. The zero-order chi connectivity index (χ0) is 13.3. The van der Waals surface area contributed by atoms with Crippen LogP contribution in [0.4, 0.5) is 5.69 Å². The minimum atomic E-state index is 0.0973. The number of aliphatic hydroxyl groups excluding tert-OH is 1. The molecular formula is C14H21BrN2O. The molecule has 1 heterocycles. The van der Waals surface area contributed by atoms with Crippen LogP contribution >= 0.6 is 15.9 Å². The van der Waals surface area contributed by atoms with Gasteiger partial charge in [-0.15, -0.1) is 0 Å². The third kappa shape index (κ3) is 2.71. The van der Waals surface area contributed by atoms with Gasteiger partial charge in [-0.1, -0.05) is 28.9 Å². The standard InChI is InChI=1S/C14H21BrN2O/c1-10-7-17(8-14(10)16(2)3)13-6-12(15)5-4-11(13)9-18/h4-6,10,14,18H,7-9H2,1-3H3. The first-order valence-corrected chi connectivity index (χ1v) is 7.13. The summed E-state index contributed by atoms with van der Waals surface area (Å²) in [5.41, 5.74) is 2.16. The van der Waals surface area contributed by atoms with Crippen LogP contribution < -0.4 is 4.90 Å². The summed E-state index contributed by atoms with van der Waals surface area (Å²) in [6.45, 7) is 4.46. The summed E-state index contributed by atoms with van der Waals surface area (Å²) >= 11 is 3.51. The smallest absolute Gasteiger partial charge is 0.0702 e. The molecule has 1 N–H and O–H groups in total. The molecule has 0 amide bonds. The fourth-order valence-corrected chi connectivity index (χ4v) is 3.13. The fourth-order valence-electron chi connectivity index (χ4n) is 2.78. The summed E-state index contributed by atoms with van der Waals surface area (Å²) in [4.78, 5) is 4.67. The average molecular weight is 313 g/mol. The number of hydrogen-bond acceptors (Lipinski definition) is 3. The van der Waals surface area contributed by atoms with Crippen molar-refractivity contribution in [2.45, 2.75) is 19.6 Å². The van der Waals surface area contributed by atoms with E-state index in [1.54, 1.807) is 0 Å². The van der Waals surface area contributed by atoms with Crippen LogP contribution in [0.3, 0.4) is 0 Å². The first kappa shape index (κ1) is 13.8. The van der Waals surface area contributed by atoms with Crippen LogP contribution in [0, 0.1) is 5.92 Å². The van der Waals surface area contributed by atoms with Crippen molar-refractivity contribution in [3.8, 4) is 0 Å². The Morgan fingerprint density at radius 2 is 2.11 bits per heavy atom. The molecular weight excluding hydrogens is 292 g/mol. The molecule has 2 atom stereocenters. The Kier molecular flexibility index (Phi) is 4.30. The summed E-state index contributed by atoms with van der Waals surface area (Å²) in [7, 11) is 4.27. The number of aliphatic hydroxyl groups is 1. The van der Waals surface area contributed by atoms with Gasteiger partial charge < -0.3 is 14.9 Å². The Morgan fingerprint density at radius 1 is 1.39 bits per heavy atom. The van der Waals surface area contributed by atoms with E-state index in [1.807, 2.05) is 12.1 Å². The van der Waals surface area contributed by atoms with Crippen molar-refractivity contribution < 1.29 is 5.11 Å². The average Bonchev–Trinajstić information content (AvgIpc) is 2.71. The number of rotatable bonds is 3. The summed E-state index contributed by atoms with van der Waals surface area (Å²) in [6.07, 6.45) is 0. The summed E-state index contributed by atoms with van der Waals surface area (Å²) in [6, 6.07) is 6.66. The summed E-state index contributed by atoms with van der Waals surface area (Å²) in [5, 5.41) is 9.46. The van der Waals surface area contributed by atoms with Gasteiger partial charge in [0.2, 0.25) is 0 Å². The van der Waals surface area contributed by atoms with Crippen molar-refractivity contribution >= 4 is 21.6 Å². The lowest BCUT2D eigenvalue weighted by Crippen LogP contribution is -2.34. The molecule has 1 aliphatic heterocycles. The van der Waals surface area contributed by atoms with E-state index in [0.29, 0.717) is 12.0 Å². The van der Waals surface area contributed by atoms with Gasteiger partial charge in [-0.25, -0.2) is 0 Å². The van der Waals surface area contributed by atoms with Crippen molar-refractivity contribution in [2.75, 3.05) is 32.1 Å². The van der Waals surface area contributed by atoms with Crippen LogP contribution in [0.25, 0.3) is 0 Å². The minimum absolute atomic E-state index is 0.0973. The maximum absolute atomic E-state index is 9.46. The van der Waals surface area contributed by atoms with Crippen LogP contribution in [-0.4, -0.2) is 43.2 Å². The van der Waals surface area contributed by atoms with E-state index in [4.69, 9.17) is 0 Å². The Hall–Kier alpha value is -0.580. The van der Waals surface area contributed by atoms with Crippen LogP contribution in [0.1, 0.15) is 12.5 Å². The molecule has 1 aliphatic rings. The van der Waals surface area contributed by atoms with Crippen molar-refractivity contribution in [1.82, 2.24) is 4.90 Å². The fraction of sp³-hybridized carbons (Fsp3) is 0.571. The van der Waals surface area contributed by atoms with Gasteiger partial charge in [0.15, 0.2) is 0 Å². The maximum atomic E-state index is 9.46. The van der Waals surface area contributed by atoms with Crippen LogP contribution in [0.15, 0.2) is 22.7 Å². The number of anilines is 1. The quantitative estimate of drug-likeness (QED) is 0.928. The normalized spacial score (nSPS) is 24.0. The molecule has 0 spiro atoms. The number of likely N-dealkylation sites (N-methyl/N-ethyl adjacent to an activating group) is 1. The molecule has 2 rings (SSSR count). The molecule has 0 saturated carbocycles. The lowest BCUT2D eigenvalue weighted by molar-refractivity contribution is 0.266. The second kappa shape index (κ2) is 5.59. The van der Waals surface area contributed by atoms with Gasteiger partial charge in [-0.3, -0.25) is 0 Å². The molecule has 2 unspecified atom stereocenters. The van der Waals surface area contributed by atoms with E-state index >= 15 is 0 Å². The van der Waals surface area contributed by atoms with E-state index in [2.05, 4.69) is 52.8 Å². The number of nitrogens with zero attached hydrogens (tertiary/aromatic N) is 2.